The second-order valence-electron chi connectivity index (χ2n) is 7.57. The summed E-state index contributed by atoms with van der Waals surface area (Å²) in [5.74, 6) is -0.963. The molecule has 0 bridgehead atoms. The molecule has 8 heteroatoms. The highest BCUT2D eigenvalue weighted by molar-refractivity contribution is 5.89. The van der Waals surface area contributed by atoms with Gasteiger partial charge in [-0.3, -0.25) is 4.68 Å². The Hall–Kier alpha value is -3.26. The first-order valence-corrected chi connectivity index (χ1v) is 9.60. The van der Waals surface area contributed by atoms with E-state index < -0.39 is 11.6 Å². The minimum absolute atomic E-state index is 0.129. The smallest absolute Gasteiger partial charge is 0.193 e. The number of aromatic hydroxyl groups is 1. The predicted molar refractivity (Wildman–Crippen MR) is 111 cm³/mol. The number of piperazine rings is 1. The normalized spacial score (nSPS) is 17.3. The maximum Gasteiger partial charge on any atom is 0.193 e. The topological polar surface area (TPSA) is 79.1 Å². The zero-order chi connectivity index (χ0) is 20.1. The molecule has 148 valence electrons. The second kappa shape index (κ2) is 6.66. The van der Waals surface area contributed by atoms with E-state index in [1.165, 1.54) is 4.68 Å². The summed E-state index contributed by atoms with van der Waals surface area (Å²) < 4.78 is 16.1. The van der Waals surface area contributed by atoms with Crippen molar-refractivity contribution in [1.29, 1.82) is 0 Å². The van der Waals surface area contributed by atoms with Crippen LogP contribution in [0.5, 0.6) is 5.75 Å². The predicted octanol–water partition coefficient (Wildman–Crippen LogP) is 2.83. The molecular formula is C21H21FN6O. The Kier molecular flexibility index (Phi) is 4.09. The van der Waals surface area contributed by atoms with Crippen molar-refractivity contribution in [3.05, 3.63) is 42.5 Å². The van der Waals surface area contributed by atoms with E-state index in [2.05, 4.69) is 38.3 Å². The summed E-state index contributed by atoms with van der Waals surface area (Å²) in [5, 5.41) is 19.3. The van der Waals surface area contributed by atoms with Gasteiger partial charge in [0.25, 0.3) is 0 Å². The fourth-order valence-electron chi connectivity index (χ4n) is 3.92. The Bertz CT molecular complexity index is 1240. The number of anilines is 1. The van der Waals surface area contributed by atoms with E-state index in [9.17, 15) is 9.50 Å². The number of fused-ring (bicyclic) bond motifs is 2. The average Bonchev–Trinajstić information content (AvgIpc) is 3.10. The van der Waals surface area contributed by atoms with Crippen LogP contribution in [0.1, 0.15) is 6.92 Å². The molecule has 5 rings (SSSR count). The minimum Gasteiger partial charge on any atom is -0.504 e. The fourth-order valence-corrected chi connectivity index (χ4v) is 3.92. The van der Waals surface area contributed by atoms with Crippen LogP contribution in [0.15, 0.2) is 36.7 Å². The van der Waals surface area contributed by atoms with Gasteiger partial charge in [-0.05, 0) is 31.2 Å². The zero-order valence-electron chi connectivity index (χ0n) is 16.2. The molecule has 0 radical (unpaired) electrons. The molecule has 3 heterocycles. The first-order chi connectivity index (χ1) is 14.0. The lowest BCUT2D eigenvalue weighted by molar-refractivity contribution is 0.437. The number of benzene rings is 2. The number of halogens is 1. The number of phenols is 1. The van der Waals surface area contributed by atoms with E-state index in [-0.39, 0.29) is 16.9 Å². The summed E-state index contributed by atoms with van der Waals surface area (Å²) in [4.78, 5) is 11.3. The zero-order valence-corrected chi connectivity index (χ0v) is 16.2. The number of aryl methyl sites for hydroxylation is 1. The van der Waals surface area contributed by atoms with Crippen LogP contribution in [-0.4, -0.2) is 50.5 Å². The second-order valence-corrected chi connectivity index (χ2v) is 7.57. The van der Waals surface area contributed by atoms with E-state index in [0.717, 1.165) is 36.2 Å². The third-order valence-electron chi connectivity index (χ3n) is 5.37. The number of hydrogen-bond acceptors (Lipinski definition) is 6. The standard InChI is InChI=1S/C21H21FN6O/c1-12-10-28(6-5-23-12)15-3-4-17-13(7-15)9-24-21(25-17)16-8-14-11-27(2)26-19(14)18(22)20(16)29/h3-4,7-9,11-12,23,29H,5-6,10H2,1-2H3/t12-/m1/s1. The lowest BCUT2D eigenvalue weighted by Gasteiger charge is -2.33. The molecule has 4 aromatic rings. The molecule has 29 heavy (non-hydrogen) atoms. The van der Waals surface area contributed by atoms with E-state index >= 15 is 0 Å². The molecule has 0 saturated carbocycles. The van der Waals surface area contributed by atoms with E-state index in [4.69, 9.17) is 0 Å². The van der Waals surface area contributed by atoms with Crippen molar-refractivity contribution in [2.75, 3.05) is 24.5 Å². The van der Waals surface area contributed by atoms with Gasteiger partial charge in [-0.25, -0.2) is 14.4 Å². The summed E-state index contributed by atoms with van der Waals surface area (Å²) >= 11 is 0. The van der Waals surface area contributed by atoms with Crippen LogP contribution in [0.2, 0.25) is 0 Å². The van der Waals surface area contributed by atoms with Gasteiger partial charge in [0.1, 0.15) is 5.52 Å². The Labute approximate surface area is 166 Å². The number of phenolic OH excluding ortho intramolecular Hbond substituents is 1. The molecule has 1 aliphatic heterocycles. The van der Waals surface area contributed by atoms with Gasteiger partial charge in [0.2, 0.25) is 0 Å². The molecule has 0 spiro atoms. The number of nitrogens with zero attached hydrogens (tertiary/aromatic N) is 5. The Morgan fingerprint density at radius 3 is 2.93 bits per heavy atom. The van der Waals surface area contributed by atoms with Crippen molar-refractivity contribution >= 4 is 27.5 Å². The van der Waals surface area contributed by atoms with Crippen molar-refractivity contribution in [3.8, 4) is 17.1 Å². The van der Waals surface area contributed by atoms with Crippen LogP contribution in [0.4, 0.5) is 10.1 Å². The Morgan fingerprint density at radius 1 is 1.24 bits per heavy atom. The summed E-state index contributed by atoms with van der Waals surface area (Å²) in [5.41, 5.74) is 2.26. The van der Waals surface area contributed by atoms with Crippen molar-refractivity contribution in [1.82, 2.24) is 25.1 Å². The first-order valence-electron chi connectivity index (χ1n) is 9.60. The molecule has 2 N–H and O–H groups in total. The largest absolute Gasteiger partial charge is 0.504 e. The molecule has 2 aromatic carbocycles. The highest BCUT2D eigenvalue weighted by Crippen LogP contribution is 2.35. The van der Waals surface area contributed by atoms with Gasteiger partial charge in [-0.2, -0.15) is 5.10 Å². The van der Waals surface area contributed by atoms with Crippen LogP contribution in [0.25, 0.3) is 33.2 Å². The molecular weight excluding hydrogens is 371 g/mol. The van der Waals surface area contributed by atoms with Crippen LogP contribution in [0.3, 0.4) is 0 Å². The molecule has 7 nitrogen and oxygen atoms in total. The van der Waals surface area contributed by atoms with Gasteiger partial charge in [-0.1, -0.05) is 0 Å². The van der Waals surface area contributed by atoms with Crippen molar-refractivity contribution in [3.63, 3.8) is 0 Å². The lowest BCUT2D eigenvalue weighted by atomic mass is 10.1. The Morgan fingerprint density at radius 2 is 2.10 bits per heavy atom. The third-order valence-corrected chi connectivity index (χ3v) is 5.37. The van der Waals surface area contributed by atoms with Gasteiger partial charge < -0.3 is 15.3 Å². The summed E-state index contributed by atoms with van der Waals surface area (Å²) in [6, 6.07) is 8.17. The van der Waals surface area contributed by atoms with Gasteiger partial charge in [0, 0.05) is 61.6 Å². The molecule has 1 aliphatic rings. The monoisotopic (exact) mass is 392 g/mol. The van der Waals surface area contributed by atoms with Crippen molar-refractivity contribution in [2.24, 2.45) is 7.05 Å². The van der Waals surface area contributed by atoms with E-state index in [0.29, 0.717) is 11.4 Å². The molecule has 2 aromatic heterocycles. The summed E-state index contributed by atoms with van der Waals surface area (Å²) in [6.07, 6.45) is 3.42. The molecule has 0 aliphatic carbocycles. The average molecular weight is 392 g/mol. The molecule has 1 saturated heterocycles. The van der Waals surface area contributed by atoms with Crippen LogP contribution in [-0.2, 0) is 7.05 Å². The maximum absolute atomic E-state index is 14.6. The van der Waals surface area contributed by atoms with Crippen LogP contribution < -0.4 is 10.2 Å². The van der Waals surface area contributed by atoms with Crippen molar-refractivity contribution in [2.45, 2.75) is 13.0 Å². The van der Waals surface area contributed by atoms with Gasteiger partial charge in [0.05, 0.1) is 11.1 Å². The molecule has 0 unspecified atom stereocenters. The third kappa shape index (κ3) is 3.05. The number of aromatic nitrogens is 4. The SMILES string of the molecule is C[C@@H]1CN(c2ccc3nc(-c4cc5cn(C)nc5c(F)c4O)ncc3c2)CCN1. The molecule has 0 amide bonds. The van der Waals surface area contributed by atoms with Crippen LogP contribution in [0, 0.1) is 5.82 Å². The van der Waals surface area contributed by atoms with Gasteiger partial charge >= 0.3 is 0 Å². The maximum atomic E-state index is 14.6. The summed E-state index contributed by atoms with van der Waals surface area (Å²) in [7, 11) is 1.71. The number of rotatable bonds is 2. The highest BCUT2D eigenvalue weighted by atomic mass is 19.1. The molecule has 1 atom stereocenters. The number of hydrogen-bond donors (Lipinski definition) is 2. The van der Waals surface area contributed by atoms with Crippen LogP contribution >= 0.6 is 0 Å². The summed E-state index contributed by atoms with van der Waals surface area (Å²) in [6.45, 7) is 5.03. The van der Waals surface area contributed by atoms with Gasteiger partial charge in [-0.15, -0.1) is 0 Å². The number of nitrogens with one attached hydrogen (secondary N) is 1. The minimum atomic E-state index is -0.759. The quantitative estimate of drug-likeness (QED) is 0.546. The first kappa shape index (κ1) is 17.8. The lowest BCUT2D eigenvalue weighted by Crippen LogP contribution is -2.49. The molecule has 1 fully saturated rings. The highest BCUT2D eigenvalue weighted by Gasteiger charge is 2.19. The van der Waals surface area contributed by atoms with Gasteiger partial charge in [0.15, 0.2) is 17.4 Å². The van der Waals surface area contributed by atoms with Crippen molar-refractivity contribution < 1.29 is 9.50 Å². The van der Waals surface area contributed by atoms with E-state index in [1.54, 1.807) is 25.5 Å². The fraction of sp³-hybridized carbons (Fsp3) is 0.286. The Balaban J connectivity index is 1.56. The van der Waals surface area contributed by atoms with E-state index in [1.807, 2.05) is 12.1 Å².